The number of para-hydroxylation sites is 1. The molecule has 0 unspecified atom stereocenters. The maximum absolute atomic E-state index is 13.5. The first-order valence-corrected chi connectivity index (χ1v) is 10.3. The highest BCUT2D eigenvalue weighted by Gasteiger charge is 2.15. The summed E-state index contributed by atoms with van der Waals surface area (Å²) < 4.78 is 59.5. The molecule has 9 heteroatoms. The topological polar surface area (TPSA) is 84.5 Å². The third kappa shape index (κ3) is 5.32. The predicted molar refractivity (Wildman–Crippen MR) is 109 cm³/mol. The van der Waals surface area contributed by atoms with Crippen LogP contribution in [0.15, 0.2) is 71.6 Å². The number of carbonyl (C=O) groups is 1. The molecule has 0 bridgehead atoms. The van der Waals surface area contributed by atoms with Crippen molar-refractivity contribution >= 4 is 27.3 Å². The van der Waals surface area contributed by atoms with Gasteiger partial charge in [-0.1, -0.05) is 18.2 Å². The second-order valence-corrected chi connectivity index (χ2v) is 8.04. The average Bonchev–Trinajstić information content (AvgIpc) is 2.71. The van der Waals surface area contributed by atoms with Gasteiger partial charge in [0.15, 0.2) is 6.61 Å². The van der Waals surface area contributed by atoms with Crippen molar-refractivity contribution < 1.29 is 26.7 Å². The van der Waals surface area contributed by atoms with E-state index in [2.05, 4.69) is 10.0 Å². The maximum atomic E-state index is 13.5. The van der Waals surface area contributed by atoms with Gasteiger partial charge in [-0.15, -0.1) is 0 Å². The highest BCUT2D eigenvalue weighted by atomic mass is 32.2. The monoisotopic (exact) mass is 432 g/mol. The molecule has 0 spiro atoms. The van der Waals surface area contributed by atoms with Gasteiger partial charge in [-0.3, -0.25) is 9.52 Å². The number of nitrogens with one attached hydrogen (secondary N) is 2. The van der Waals surface area contributed by atoms with Crippen LogP contribution in [-0.4, -0.2) is 20.9 Å². The van der Waals surface area contributed by atoms with Gasteiger partial charge >= 0.3 is 0 Å². The quantitative estimate of drug-likeness (QED) is 0.589. The number of halogens is 2. The molecule has 0 heterocycles. The molecule has 0 atom stereocenters. The Labute approximate surface area is 172 Å². The summed E-state index contributed by atoms with van der Waals surface area (Å²) in [6.07, 6.45) is 0. The molecular formula is C21H18F2N2O4S. The molecule has 2 N–H and O–H groups in total. The largest absolute Gasteiger partial charge is 0.484 e. The highest BCUT2D eigenvalue weighted by molar-refractivity contribution is 7.92. The molecule has 156 valence electrons. The van der Waals surface area contributed by atoms with Crippen LogP contribution in [0.3, 0.4) is 0 Å². The summed E-state index contributed by atoms with van der Waals surface area (Å²) in [5, 5.41) is 2.20. The zero-order chi connectivity index (χ0) is 21.7. The van der Waals surface area contributed by atoms with Crippen LogP contribution in [0, 0.1) is 18.6 Å². The van der Waals surface area contributed by atoms with Crippen molar-refractivity contribution in [1.29, 1.82) is 0 Å². The summed E-state index contributed by atoms with van der Waals surface area (Å²) in [5.41, 5.74) is 0.952. The summed E-state index contributed by atoms with van der Waals surface area (Å²) in [6.45, 7) is 1.32. The van der Waals surface area contributed by atoms with Crippen molar-refractivity contribution in [2.24, 2.45) is 0 Å². The van der Waals surface area contributed by atoms with Gasteiger partial charge in [0.2, 0.25) is 0 Å². The fourth-order valence-electron chi connectivity index (χ4n) is 2.53. The number of amides is 1. The molecule has 30 heavy (non-hydrogen) atoms. The number of carbonyl (C=O) groups excluding carboxylic acids is 1. The molecule has 0 fully saturated rings. The number of benzene rings is 3. The van der Waals surface area contributed by atoms with Gasteiger partial charge in [-0.2, -0.15) is 0 Å². The normalized spacial score (nSPS) is 11.0. The Morgan fingerprint density at radius 2 is 1.67 bits per heavy atom. The first kappa shape index (κ1) is 21.3. The second-order valence-electron chi connectivity index (χ2n) is 6.35. The van der Waals surface area contributed by atoms with Crippen LogP contribution in [0.5, 0.6) is 5.75 Å². The van der Waals surface area contributed by atoms with Crippen molar-refractivity contribution in [3.63, 3.8) is 0 Å². The number of anilines is 2. The molecule has 0 aromatic heterocycles. The predicted octanol–water partition coefficient (Wildman–Crippen LogP) is 4.09. The number of aryl methyl sites for hydroxylation is 1. The van der Waals surface area contributed by atoms with Crippen molar-refractivity contribution in [2.75, 3.05) is 16.6 Å². The second kappa shape index (κ2) is 8.91. The van der Waals surface area contributed by atoms with Gasteiger partial charge in [0.05, 0.1) is 16.3 Å². The van der Waals surface area contributed by atoms with E-state index in [9.17, 15) is 22.0 Å². The highest BCUT2D eigenvalue weighted by Crippen LogP contribution is 2.21. The Morgan fingerprint density at radius 1 is 0.967 bits per heavy atom. The fraction of sp³-hybridized carbons (Fsp3) is 0.0952. The average molecular weight is 432 g/mol. The first-order valence-electron chi connectivity index (χ1n) is 8.81. The van der Waals surface area contributed by atoms with Gasteiger partial charge in [-0.05, 0) is 55.0 Å². The first-order chi connectivity index (χ1) is 14.2. The van der Waals surface area contributed by atoms with E-state index in [1.165, 1.54) is 24.3 Å². The Kier molecular flexibility index (Phi) is 6.31. The van der Waals surface area contributed by atoms with E-state index in [0.29, 0.717) is 5.69 Å². The molecule has 3 aromatic rings. The Bertz CT molecular complexity index is 1170. The lowest BCUT2D eigenvalue weighted by Gasteiger charge is -2.11. The van der Waals surface area contributed by atoms with Crippen molar-refractivity contribution in [2.45, 2.75) is 11.8 Å². The molecule has 0 aliphatic carbocycles. The van der Waals surface area contributed by atoms with E-state index < -0.39 is 34.2 Å². The molecule has 0 radical (unpaired) electrons. The lowest BCUT2D eigenvalue weighted by Crippen LogP contribution is -2.21. The summed E-state index contributed by atoms with van der Waals surface area (Å²) in [5.74, 6) is -1.93. The van der Waals surface area contributed by atoms with E-state index in [4.69, 9.17) is 4.74 Å². The molecule has 3 rings (SSSR count). The lowest BCUT2D eigenvalue weighted by molar-refractivity contribution is -0.118. The minimum atomic E-state index is -3.80. The summed E-state index contributed by atoms with van der Waals surface area (Å²) in [6, 6.07) is 15.1. The van der Waals surface area contributed by atoms with Crippen LogP contribution in [0.1, 0.15) is 5.56 Å². The molecule has 0 saturated heterocycles. The van der Waals surface area contributed by atoms with E-state index in [1.54, 1.807) is 31.2 Å². The van der Waals surface area contributed by atoms with Crippen LogP contribution >= 0.6 is 0 Å². The third-order valence-electron chi connectivity index (χ3n) is 4.10. The van der Waals surface area contributed by atoms with Crippen LogP contribution in [-0.2, 0) is 14.8 Å². The van der Waals surface area contributed by atoms with Crippen molar-refractivity contribution in [3.8, 4) is 5.75 Å². The molecule has 1 amide bonds. The molecule has 0 aliphatic rings. The zero-order valence-electron chi connectivity index (χ0n) is 15.9. The van der Waals surface area contributed by atoms with Crippen LogP contribution in [0.4, 0.5) is 20.2 Å². The zero-order valence-corrected chi connectivity index (χ0v) is 16.7. The molecule has 0 saturated carbocycles. The van der Waals surface area contributed by atoms with Crippen molar-refractivity contribution in [1.82, 2.24) is 0 Å². The minimum absolute atomic E-state index is 0.0180. The van der Waals surface area contributed by atoms with Gasteiger partial charge in [0, 0.05) is 6.07 Å². The molecule has 0 aliphatic heterocycles. The third-order valence-corrected chi connectivity index (χ3v) is 5.48. The van der Waals surface area contributed by atoms with Crippen LogP contribution in [0.2, 0.25) is 0 Å². The summed E-state index contributed by atoms with van der Waals surface area (Å²) in [4.78, 5) is 11.9. The Hall–Kier alpha value is -3.46. The minimum Gasteiger partial charge on any atom is -0.484 e. The standard InChI is InChI=1S/C21H18F2N2O4S/c1-14-4-2-3-5-19(14)25-30(27,28)17-9-7-16(8-10-17)29-13-21(26)24-20-12-15(22)6-11-18(20)23/h2-12,25H,13H2,1H3,(H,24,26). The van der Waals surface area contributed by atoms with E-state index in [-0.39, 0.29) is 16.3 Å². The summed E-state index contributed by atoms with van der Waals surface area (Å²) in [7, 11) is -3.80. The smallest absolute Gasteiger partial charge is 0.262 e. The molecule has 3 aromatic carbocycles. The fourth-order valence-corrected chi connectivity index (χ4v) is 3.67. The number of hydrogen-bond donors (Lipinski definition) is 2. The van der Waals surface area contributed by atoms with E-state index in [1.807, 2.05) is 0 Å². The number of rotatable bonds is 7. The Morgan fingerprint density at radius 3 is 2.37 bits per heavy atom. The van der Waals surface area contributed by atoms with Gasteiger partial charge in [0.25, 0.3) is 15.9 Å². The summed E-state index contributed by atoms with van der Waals surface area (Å²) >= 11 is 0. The van der Waals surface area contributed by atoms with Gasteiger partial charge < -0.3 is 10.1 Å². The SMILES string of the molecule is Cc1ccccc1NS(=O)(=O)c1ccc(OCC(=O)Nc2cc(F)ccc2F)cc1. The number of sulfonamides is 1. The number of ether oxygens (including phenoxy) is 1. The van der Waals surface area contributed by atoms with Crippen LogP contribution < -0.4 is 14.8 Å². The Balaban J connectivity index is 1.61. The maximum Gasteiger partial charge on any atom is 0.262 e. The van der Waals surface area contributed by atoms with Crippen LogP contribution in [0.25, 0.3) is 0 Å². The van der Waals surface area contributed by atoms with Gasteiger partial charge in [-0.25, -0.2) is 17.2 Å². The molecule has 6 nitrogen and oxygen atoms in total. The van der Waals surface area contributed by atoms with E-state index in [0.717, 1.165) is 23.8 Å². The lowest BCUT2D eigenvalue weighted by atomic mass is 10.2. The van der Waals surface area contributed by atoms with E-state index >= 15 is 0 Å². The van der Waals surface area contributed by atoms with Crippen molar-refractivity contribution in [3.05, 3.63) is 83.9 Å². The molecular weight excluding hydrogens is 414 g/mol. The van der Waals surface area contributed by atoms with Gasteiger partial charge in [0.1, 0.15) is 17.4 Å². The number of hydrogen-bond acceptors (Lipinski definition) is 4.